The molecule has 0 saturated heterocycles. The second-order valence-electron chi connectivity index (χ2n) is 3.93. The maximum absolute atomic E-state index is 5.24. The number of benzene rings is 1. The molecule has 0 aliphatic rings. The molecule has 0 spiro atoms. The number of ether oxygens (including phenoxy) is 2. The van der Waals surface area contributed by atoms with Gasteiger partial charge < -0.3 is 14.8 Å². The third-order valence-corrected chi connectivity index (χ3v) is 3.65. The summed E-state index contributed by atoms with van der Waals surface area (Å²) in [6, 6.07) is 5.79. The number of hydrogen-bond donors (Lipinski definition) is 1. The van der Waals surface area contributed by atoms with Crippen LogP contribution in [0.1, 0.15) is 17.5 Å². The van der Waals surface area contributed by atoms with Crippen LogP contribution >= 0.6 is 11.3 Å². The summed E-state index contributed by atoms with van der Waals surface area (Å²) in [5.41, 5.74) is 1.07. The molecular weight excluding hydrogens is 262 g/mol. The quantitative estimate of drug-likeness (QED) is 0.881. The third-order valence-electron chi connectivity index (χ3n) is 2.62. The lowest BCUT2D eigenvalue weighted by Gasteiger charge is -2.08. The van der Waals surface area contributed by atoms with Gasteiger partial charge in [0.1, 0.15) is 16.5 Å². The molecule has 1 aromatic heterocycles. The highest BCUT2D eigenvalue weighted by molar-refractivity contribution is 7.15. The predicted molar refractivity (Wildman–Crippen MR) is 76.2 cm³/mol. The lowest BCUT2D eigenvalue weighted by molar-refractivity contribution is 0.393. The van der Waals surface area contributed by atoms with Gasteiger partial charge in [-0.25, -0.2) is 0 Å². The second-order valence-corrected chi connectivity index (χ2v) is 4.99. The summed E-state index contributed by atoms with van der Waals surface area (Å²) in [4.78, 5) is 0. The van der Waals surface area contributed by atoms with Gasteiger partial charge in [0.05, 0.1) is 14.2 Å². The predicted octanol–water partition coefficient (Wildman–Crippen LogP) is 2.73. The summed E-state index contributed by atoms with van der Waals surface area (Å²) < 4.78 is 10.5. The van der Waals surface area contributed by atoms with E-state index in [1.54, 1.807) is 25.6 Å². The highest BCUT2D eigenvalue weighted by Gasteiger charge is 2.04. The maximum Gasteiger partial charge on any atom is 0.205 e. The Kier molecular flexibility index (Phi) is 4.57. The summed E-state index contributed by atoms with van der Waals surface area (Å²) in [6.07, 6.45) is 0.909. The fourth-order valence-corrected chi connectivity index (χ4v) is 2.29. The van der Waals surface area contributed by atoms with Gasteiger partial charge in [0.15, 0.2) is 0 Å². The molecule has 2 rings (SSSR count). The van der Waals surface area contributed by atoms with Crippen molar-refractivity contribution in [1.82, 2.24) is 10.2 Å². The van der Waals surface area contributed by atoms with Crippen LogP contribution < -0.4 is 14.8 Å². The Morgan fingerprint density at radius 1 is 1.11 bits per heavy atom. The molecule has 6 heteroatoms. The van der Waals surface area contributed by atoms with Crippen molar-refractivity contribution in [2.24, 2.45) is 0 Å². The molecule has 1 aromatic carbocycles. The van der Waals surface area contributed by atoms with Crippen LogP contribution in [0.4, 0.5) is 5.13 Å². The molecule has 0 aliphatic heterocycles. The van der Waals surface area contributed by atoms with Crippen molar-refractivity contribution in [2.75, 3.05) is 19.5 Å². The first-order chi connectivity index (χ1) is 9.25. The zero-order valence-corrected chi connectivity index (χ0v) is 12.1. The van der Waals surface area contributed by atoms with Crippen LogP contribution in [0, 0.1) is 0 Å². The van der Waals surface area contributed by atoms with Crippen LogP contribution in [-0.2, 0) is 13.0 Å². The molecule has 0 amide bonds. The largest absolute Gasteiger partial charge is 0.497 e. The van der Waals surface area contributed by atoms with E-state index in [0.29, 0.717) is 6.54 Å². The van der Waals surface area contributed by atoms with E-state index in [9.17, 15) is 0 Å². The molecule has 1 N–H and O–H groups in total. The van der Waals surface area contributed by atoms with E-state index in [1.165, 1.54) is 0 Å². The number of aromatic nitrogens is 2. The summed E-state index contributed by atoms with van der Waals surface area (Å²) in [5, 5.41) is 13.3. The Bertz CT molecular complexity index is 520. The van der Waals surface area contributed by atoms with E-state index in [0.717, 1.165) is 33.6 Å². The van der Waals surface area contributed by atoms with Crippen LogP contribution in [-0.4, -0.2) is 24.4 Å². The van der Waals surface area contributed by atoms with Gasteiger partial charge in [-0.1, -0.05) is 18.3 Å². The summed E-state index contributed by atoms with van der Waals surface area (Å²) in [7, 11) is 3.29. The number of aryl methyl sites for hydroxylation is 1. The van der Waals surface area contributed by atoms with Crippen LogP contribution in [0.25, 0.3) is 0 Å². The Balaban J connectivity index is 2.05. The van der Waals surface area contributed by atoms with Crippen LogP contribution in [0.5, 0.6) is 11.5 Å². The molecule has 0 unspecified atom stereocenters. The van der Waals surface area contributed by atoms with Crippen LogP contribution in [0.15, 0.2) is 18.2 Å². The van der Waals surface area contributed by atoms with E-state index < -0.39 is 0 Å². The Morgan fingerprint density at radius 3 is 2.32 bits per heavy atom. The number of nitrogens with one attached hydrogen (secondary N) is 1. The monoisotopic (exact) mass is 279 g/mol. The van der Waals surface area contributed by atoms with E-state index in [2.05, 4.69) is 22.4 Å². The average Bonchev–Trinajstić information content (AvgIpc) is 2.92. The van der Waals surface area contributed by atoms with Gasteiger partial charge in [-0.2, -0.15) is 0 Å². The van der Waals surface area contributed by atoms with Gasteiger partial charge >= 0.3 is 0 Å². The van der Waals surface area contributed by atoms with E-state index >= 15 is 0 Å². The summed E-state index contributed by atoms with van der Waals surface area (Å²) in [6.45, 7) is 2.73. The number of hydrogen-bond acceptors (Lipinski definition) is 6. The molecule has 0 saturated carbocycles. The van der Waals surface area contributed by atoms with Crippen molar-refractivity contribution < 1.29 is 9.47 Å². The third kappa shape index (κ3) is 3.57. The van der Waals surface area contributed by atoms with Crippen LogP contribution in [0.3, 0.4) is 0 Å². The van der Waals surface area contributed by atoms with E-state index in [-0.39, 0.29) is 0 Å². The standard InChI is InChI=1S/C13H17N3O2S/c1-4-12-15-16-13(19-12)14-8-9-5-10(17-2)7-11(6-9)18-3/h5-7H,4,8H2,1-3H3,(H,14,16). The molecule has 1 heterocycles. The highest BCUT2D eigenvalue weighted by Crippen LogP contribution is 2.23. The molecule has 0 radical (unpaired) electrons. The first-order valence-electron chi connectivity index (χ1n) is 6.03. The van der Waals surface area contributed by atoms with Crippen molar-refractivity contribution in [3.05, 3.63) is 28.8 Å². The number of anilines is 1. The van der Waals surface area contributed by atoms with E-state index in [4.69, 9.17) is 9.47 Å². The first-order valence-corrected chi connectivity index (χ1v) is 6.85. The second kappa shape index (κ2) is 6.38. The average molecular weight is 279 g/mol. The molecule has 19 heavy (non-hydrogen) atoms. The molecule has 0 atom stereocenters. The molecule has 0 fully saturated rings. The smallest absolute Gasteiger partial charge is 0.205 e. The summed E-state index contributed by atoms with van der Waals surface area (Å²) in [5.74, 6) is 1.56. The number of nitrogens with zero attached hydrogens (tertiary/aromatic N) is 2. The SMILES string of the molecule is CCc1nnc(NCc2cc(OC)cc(OC)c2)s1. The molecular formula is C13H17N3O2S. The minimum atomic E-state index is 0.659. The molecule has 2 aromatic rings. The van der Waals surface area contributed by atoms with Gasteiger partial charge in [-0.05, 0) is 24.1 Å². The Hall–Kier alpha value is -1.82. The number of methoxy groups -OCH3 is 2. The van der Waals surface area contributed by atoms with Crippen LogP contribution in [0.2, 0.25) is 0 Å². The fraction of sp³-hybridized carbons (Fsp3) is 0.385. The zero-order chi connectivity index (χ0) is 13.7. The number of rotatable bonds is 6. The van der Waals surface area contributed by atoms with Gasteiger partial charge in [0.2, 0.25) is 5.13 Å². The van der Waals surface area contributed by atoms with Gasteiger partial charge in [-0.15, -0.1) is 10.2 Å². The van der Waals surface area contributed by atoms with Crippen molar-refractivity contribution in [3.8, 4) is 11.5 Å². The lowest BCUT2D eigenvalue weighted by Crippen LogP contribution is -2.00. The molecule has 102 valence electrons. The zero-order valence-electron chi connectivity index (χ0n) is 11.3. The summed E-state index contributed by atoms with van der Waals surface area (Å²) >= 11 is 1.58. The van der Waals surface area contributed by atoms with Gasteiger partial charge in [0, 0.05) is 12.6 Å². The van der Waals surface area contributed by atoms with Crippen molar-refractivity contribution in [1.29, 1.82) is 0 Å². The first kappa shape index (κ1) is 13.6. The van der Waals surface area contributed by atoms with Gasteiger partial charge in [0.25, 0.3) is 0 Å². The van der Waals surface area contributed by atoms with E-state index in [1.807, 2.05) is 18.2 Å². The Labute approximate surface area is 116 Å². The molecule has 0 aliphatic carbocycles. The lowest BCUT2D eigenvalue weighted by atomic mass is 10.2. The van der Waals surface area contributed by atoms with Crippen molar-refractivity contribution in [3.63, 3.8) is 0 Å². The van der Waals surface area contributed by atoms with Crippen molar-refractivity contribution in [2.45, 2.75) is 19.9 Å². The normalized spacial score (nSPS) is 10.3. The molecule has 5 nitrogen and oxygen atoms in total. The molecule has 0 bridgehead atoms. The van der Waals surface area contributed by atoms with Crippen molar-refractivity contribution >= 4 is 16.5 Å². The highest BCUT2D eigenvalue weighted by atomic mass is 32.1. The minimum Gasteiger partial charge on any atom is -0.497 e. The maximum atomic E-state index is 5.24. The minimum absolute atomic E-state index is 0.659. The topological polar surface area (TPSA) is 56.3 Å². The Morgan fingerprint density at radius 2 is 1.79 bits per heavy atom. The fourth-order valence-electron chi connectivity index (χ4n) is 1.61. The van der Waals surface area contributed by atoms with Gasteiger partial charge in [-0.3, -0.25) is 0 Å².